The first-order chi connectivity index (χ1) is 9.94. The Morgan fingerprint density at radius 1 is 1.24 bits per heavy atom. The Morgan fingerprint density at radius 3 is 2.10 bits per heavy atom. The molecule has 0 spiro atoms. The first kappa shape index (κ1) is 17.8. The predicted octanol–water partition coefficient (Wildman–Crippen LogP) is 3.11. The molecule has 0 radical (unpaired) electrons. The van der Waals surface area contributed by atoms with Gasteiger partial charge in [-0.25, -0.2) is 0 Å². The van der Waals surface area contributed by atoms with Crippen molar-refractivity contribution in [3.8, 4) is 0 Å². The molecule has 1 amide bonds. The monoisotopic (exact) mass is 297 g/mol. The normalized spacial score (nSPS) is 24.2. The molecule has 5 nitrogen and oxygen atoms in total. The van der Waals surface area contributed by atoms with E-state index in [1.165, 1.54) is 0 Å². The van der Waals surface area contributed by atoms with E-state index in [4.69, 9.17) is 5.73 Å². The maximum Gasteiger partial charge on any atom is 0.237 e. The van der Waals surface area contributed by atoms with Crippen LogP contribution in [0.2, 0.25) is 0 Å². The van der Waals surface area contributed by atoms with Crippen molar-refractivity contribution in [2.45, 2.75) is 84.7 Å². The Hall–Kier alpha value is -1.26. The summed E-state index contributed by atoms with van der Waals surface area (Å²) in [6, 6.07) is 0.446. The lowest BCUT2D eigenvalue weighted by molar-refractivity contribution is -0.145. The van der Waals surface area contributed by atoms with Crippen molar-refractivity contribution in [3.63, 3.8) is 0 Å². The van der Waals surface area contributed by atoms with Crippen molar-refractivity contribution in [1.29, 1.82) is 0 Å². The van der Waals surface area contributed by atoms with Crippen molar-refractivity contribution < 1.29 is 10.0 Å². The lowest BCUT2D eigenvalue weighted by Gasteiger charge is -2.44. The van der Waals surface area contributed by atoms with Gasteiger partial charge in [-0.1, -0.05) is 31.8 Å². The number of likely N-dealkylation sites (tertiary alicyclic amines) is 1. The molecule has 1 aliphatic heterocycles. The van der Waals surface area contributed by atoms with Gasteiger partial charge >= 0.3 is 0 Å². The zero-order chi connectivity index (χ0) is 16.0. The molecule has 2 unspecified atom stereocenters. The van der Waals surface area contributed by atoms with Gasteiger partial charge in [-0.05, 0) is 46.0 Å². The smallest absolute Gasteiger partial charge is 0.237 e. The second-order valence-electron chi connectivity index (χ2n) is 6.41. The molecule has 1 rings (SSSR count). The number of carbonyl (C=O) groups excluding carboxylic acids is 1. The summed E-state index contributed by atoms with van der Waals surface area (Å²) in [5.74, 6) is 0.113. The van der Waals surface area contributed by atoms with E-state index in [0.29, 0.717) is 12.8 Å². The molecule has 1 aliphatic rings. The molecular weight excluding hydrogens is 266 g/mol. The molecule has 3 N–H and O–H groups in total. The van der Waals surface area contributed by atoms with Gasteiger partial charge in [0.1, 0.15) is 5.41 Å². The van der Waals surface area contributed by atoms with Crippen molar-refractivity contribution >= 4 is 11.7 Å². The Morgan fingerprint density at radius 2 is 1.71 bits per heavy atom. The second kappa shape index (κ2) is 7.66. The molecule has 0 saturated carbocycles. The summed E-state index contributed by atoms with van der Waals surface area (Å²) in [5.41, 5.74) is 5.13. The van der Waals surface area contributed by atoms with Gasteiger partial charge in [0.15, 0.2) is 5.84 Å². The van der Waals surface area contributed by atoms with Crippen LogP contribution < -0.4 is 5.73 Å². The minimum atomic E-state index is -0.849. The highest BCUT2D eigenvalue weighted by atomic mass is 16.4. The Labute approximate surface area is 128 Å². The third kappa shape index (κ3) is 3.50. The summed E-state index contributed by atoms with van der Waals surface area (Å²) in [7, 11) is 0. The number of carbonyl (C=O) groups is 1. The minimum Gasteiger partial charge on any atom is -0.409 e. The van der Waals surface area contributed by atoms with Gasteiger partial charge in [-0.2, -0.15) is 0 Å². The van der Waals surface area contributed by atoms with Crippen LogP contribution in [0.1, 0.15) is 72.6 Å². The van der Waals surface area contributed by atoms with Gasteiger partial charge in [-0.15, -0.1) is 0 Å². The average molecular weight is 297 g/mol. The fourth-order valence-corrected chi connectivity index (χ4v) is 3.72. The van der Waals surface area contributed by atoms with Crippen molar-refractivity contribution in [2.24, 2.45) is 16.3 Å². The van der Waals surface area contributed by atoms with Crippen LogP contribution >= 0.6 is 0 Å². The van der Waals surface area contributed by atoms with E-state index in [9.17, 15) is 10.0 Å². The first-order valence-corrected chi connectivity index (χ1v) is 8.25. The Bertz CT molecular complexity index is 366. The number of amidine groups is 1. The van der Waals surface area contributed by atoms with Gasteiger partial charge in [0.05, 0.1) is 0 Å². The minimum absolute atomic E-state index is 0.0428. The van der Waals surface area contributed by atoms with Crippen LogP contribution in [0.15, 0.2) is 5.16 Å². The van der Waals surface area contributed by atoms with Crippen LogP contribution in [0.5, 0.6) is 0 Å². The van der Waals surface area contributed by atoms with E-state index in [1.807, 2.05) is 18.7 Å². The van der Waals surface area contributed by atoms with Crippen molar-refractivity contribution in [1.82, 2.24) is 4.90 Å². The maximum atomic E-state index is 13.3. The summed E-state index contributed by atoms with van der Waals surface area (Å²) in [4.78, 5) is 15.3. The maximum absolute atomic E-state index is 13.3. The number of amides is 1. The molecule has 0 aromatic heterocycles. The second-order valence-corrected chi connectivity index (χ2v) is 6.41. The van der Waals surface area contributed by atoms with Crippen LogP contribution in [-0.2, 0) is 4.79 Å². The Balaban J connectivity index is 3.19. The molecule has 1 heterocycles. The molecule has 5 heteroatoms. The van der Waals surface area contributed by atoms with Crippen molar-refractivity contribution in [3.05, 3.63) is 0 Å². The zero-order valence-electron chi connectivity index (χ0n) is 13.9. The number of rotatable bonds is 6. The van der Waals surface area contributed by atoms with Crippen LogP contribution in [-0.4, -0.2) is 33.9 Å². The lowest BCUT2D eigenvalue weighted by atomic mass is 9.75. The van der Waals surface area contributed by atoms with E-state index in [0.717, 1.165) is 32.1 Å². The van der Waals surface area contributed by atoms with Crippen LogP contribution in [0.25, 0.3) is 0 Å². The molecule has 21 heavy (non-hydrogen) atoms. The fourth-order valence-electron chi connectivity index (χ4n) is 3.72. The van der Waals surface area contributed by atoms with Gasteiger partial charge in [-0.3, -0.25) is 4.79 Å². The molecular formula is C16H31N3O2. The summed E-state index contributed by atoms with van der Waals surface area (Å²) >= 11 is 0. The molecule has 2 atom stereocenters. The molecule has 0 aromatic carbocycles. The Kier molecular flexibility index (Phi) is 6.49. The molecule has 0 aliphatic carbocycles. The highest BCUT2D eigenvalue weighted by Crippen LogP contribution is 2.36. The SMILES string of the molecule is CCCC(CCC)(C(=O)N1C(C)CCCC1C)C(N)=NO. The molecule has 1 fully saturated rings. The van der Waals surface area contributed by atoms with Gasteiger partial charge < -0.3 is 15.8 Å². The number of hydrogen-bond acceptors (Lipinski definition) is 3. The van der Waals surface area contributed by atoms with E-state index in [2.05, 4.69) is 19.0 Å². The zero-order valence-corrected chi connectivity index (χ0v) is 13.9. The summed E-state index contributed by atoms with van der Waals surface area (Å²) in [6.07, 6.45) is 6.14. The van der Waals surface area contributed by atoms with Crippen molar-refractivity contribution in [2.75, 3.05) is 0 Å². The first-order valence-electron chi connectivity index (χ1n) is 8.25. The highest BCUT2D eigenvalue weighted by molar-refractivity contribution is 6.06. The fraction of sp³-hybridized carbons (Fsp3) is 0.875. The lowest BCUT2D eigenvalue weighted by Crippen LogP contribution is -2.57. The molecule has 0 aromatic rings. The van der Waals surface area contributed by atoms with Crippen LogP contribution in [0.3, 0.4) is 0 Å². The predicted molar refractivity (Wildman–Crippen MR) is 85.3 cm³/mol. The van der Waals surface area contributed by atoms with E-state index in [1.54, 1.807) is 0 Å². The van der Waals surface area contributed by atoms with Crippen LogP contribution in [0, 0.1) is 5.41 Å². The van der Waals surface area contributed by atoms with Gasteiger partial charge in [0.25, 0.3) is 0 Å². The van der Waals surface area contributed by atoms with Gasteiger partial charge in [0, 0.05) is 12.1 Å². The summed E-state index contributed by atoms with van der Waals surface area (Å²) in [6.45, 7) is 8.27. The number of nitrogens with zero attached hydrogens (tertiary/aromatic N) is 2. The standard InChI is InChI=1S/C16H31N3O2/c1-5-10-16(11-6-2,14(17)18-21)15(20)19-12(3)8-7-9-13(19)4/h12-13,21H,5-11H2,1-4H3,(H2,17,18). The van der Waals surface area contributed by atoms with Crippen LogP contribution in [0.4, 0.5) is 0 Å². The van der Waals surface area contributed by atoms with E-state index < -0.39 is 5.41 Å². The number of nitrogens with two attached hydrogens (primary N) is 1. The van der Waals surface area contributed by atoms with Gasteiger partial charge in [0.2, 0.25) is 5.91 Å². The third-order valence-corrected chi connectivity index (χ3v) is 4.79. The summed E-state index contributed by atoms with van der Waals surface area (Å²) in [5, 5.41) is 12.4. The van der Waals surface area contributed by atoms with E-state index >= 15 is 0 Å². The highest BCUT2D eigenvalue weighted by Gasteiger charge is 2.46. The average Bonchev–Trinajstić information content (AvgIpc) is 2.45. The summed E-state index contributed by atoms with van der Waals surface area (Å²) < 4.78 is 0. The largest absolute Gasteiger partial charge is 0.409 e. The number of hydrogen-bond donors (Lipinski definition) is 2. The van der Waals surface area contributed by atoms with E-state index in [-0.39, 0.29) is 23.8 Å². The molecule has 122 valence electrons. The number of piperidine rings is 1. The number of oxime groups is 1. The third-order valence-electron chi connectivity index (χ3n) is 4.79. The molecule has 0 bridgehead atoms. The molecule has 1 saturated heterocycles. The topological polar surface area (TPSA) is 78.9 Å². The quantitative estimate of drug-likeness (QED) is 0.342.